The van der Waals surface area contributed by atoms with E-state index in [1.807, 2.05) is 30.5 Å². The molecule has 1 saturated heterocycles. The van der Waals surface area contributed by atoms with Crippen LogP contribution in [0.15, 0.2) is 30.3 Å². The first-order valence-corrected chi connectivity index (χ1v) is 10.3. The van der Waals surface area contributed by atoms with Crippen LogP contribution in [0.4, 0.5) is 10.5 Å². The molecule has 27 heavy (non-hydrogen) atoms. The summed E-state index contributed by atoms with van der Waals surface area (Å²) < 4.78 is 10.6. The molecule has 1 amide bonds. The molecular weight excluding hydrogens is 368 g/mol. The molecule has 3 rings (SSSR count). The largest absolute Gasteiger partial charge is 0.480 e. The van der Waals surface area contributed by atoms with Gasteiger partial charge in [-0.05, 0) is 48.1 Å². The van der Waals surface area contributed by atoms with Gasteiger partial charge in [-0.2, -0.15) is 11.8 Å². The Hall–Kier alpha value is -2.03. The minimum atomic E-state index is -0.937. The number of cyclic esters (lactones) is 1. The van der Waals surface area contributed by atoms with Crippen molar-refractivity contribution in [1.82, 2.24) is 5.32 Å². The van der Waals surface area contributed by atoms with E-state index in [9.17, 15) is 14.7 Å². The third-order valence-corrected chi connectivity index (χ3v) is 5.26. The molecule has 1 aromatic rings. The smallest absolute Gasteiger partial charge is 0.416 e. The van der Waals surface area contributed by atoms with E-state index in [4.69, 9.17) is 9.47 Å². The van der Waals surface area contributed by atoms with Crippen molar-refractivity contribution in [2.24, 2.45) is 0 Å². The van der Waals surface area contributed by atoms with Crippen molar-refractivity contribution in [3.63, 3.8) is 0 Å². The lowest BCUT2D eigenvalue weighted by Gasteiger charge is -2.18. The van der Waals surface area contributed by atoms with E-state index in [1.165, 1.54) is 10.5 Å². The number of hydrogen-bond acceptors (Lipinski definition) is 6. The lowest BCUT2D eigenvalue weighted by molar-refractivity contribution is -0.140. The molecule has 0 unspecified atom stereocenters. The maximum atomic E-state index is 12.2. The Kier molecular flexibility index (Phi) is 6.76. The van der Waals surface area contributed by atoms with Crippen LogP contribution in [0.5, 0.6) is 0 Å². The fourth-order valence-electron chi connectivity index (χ4n) is 3.14. The first-order valence-electron chi connectivity index (χ1n) is 8.91. The van der Waals surface area contributed by atoms with Crippen LogP contribution in [0, 0.1) is 0 Å². The molecular formula is C19H24N2O5S. The third-order valence-electron chi connectivity index (χ3n) is 4.62. The molecule has 2 heterocycles. The summed E-state index contributed by atoms with van der Waals surface area (Å²) in [6.07, 6.45) is 4.24. The Labute approximate surface area is 162 Å². The minimum Gasteiger partial charge on any atom is -0.480 e. The molecule has 8 heteroatoms. The van der Waals surface area contributed by atoms with Gasteiger partial charge in [0.1, 0.15) is 6.04 Å². The number of carbonyl (C=O) groups excluding carboxylic acids is 1. The highest BCUT2D eigenvalue weighted by molar-refractivity contribution is 7.98. The normalized spacial score (nSPS) is 20.9. The first kappa shape index (κ1) is 19.7. The lowest BCUT2D eigenvalue weighted by Crippen LogP contribution is -2.45. The van der Waals surface area contributed by atoms with Gasteiger partial charge < -0.3 is 14.6 Å². The van der Waals surface area contributed by atoms with Crippen LogP contribution >= 0.6 is 11.8 Å². The highest BCUT2D eigenvalue weighted by Crippen LogP contribution is 2.26. The average molecular weight is 392 g/mol. The summed E-state index contributed by atoms with van der Waals surface area (Å²) in [6, 6.07) is 7.01. The quantitative estimate of drug-likeness (QED) is 0.703. The van der Waals surface area contributed by atoms with Crippen molar-refractivity contribution in [2.75, 3.05) is 36.7 Å². The van der Waals surface area contributed by atoms with E-state index in [0.29, 0.717) is 13.0 Å². The molecule has 1 fully saturated rings. The average Bonchev–Trinajstić information content (AvgIpc) is 3.06. The fourth-order valence-corrected chi connectivity index (χ4v) is 3.61. The van der Waals surface area contributed by atoms with Crippen LogP contribution in [0.25, 0.3) is 5.57 Å². The van der Waals surface area contributed by atoms with Gasteiger partial charge in [-0.25, -0.2) is 4.79 Å². The molecule has 0 saturated carbocycles. The van der Waals surface area contributed by atoms with Crippen molar-refractivity contribution in [1.29, 1.82) is 0 Å². The lowest BCUT2D eigenvalue weighted by atomic mass is 10.0. The summed E-state index contributed by atoms with van der Waals surface area (Å²) in [6.45, 7) is 1.63. The number of aliphatic carboxylic acids is 1. The topological polar surface area (TPSA) is 88.1 Å². The number of carboxylic acid groups (broad SMARTS) is 1. The molecule has 2 atom stereocenters. The number of anilines is 1. The maximum absolute atomic E-state index is 12.2. The molecule has 0 aromatic heterocycles. The molecule has 0 radical (unpaired) electrons. The number of nitrogens with zero attached hydrogens (tertiary/aromatic N) is 1. The monoisotopic (exact) mass is 392 g/mol. The van der Waals surface area contributed by atoms with Crippen molar-refractivity contribution in [3.8, 4) is 0 Å². The van der Waals surface area contributed by atoms with Crippen molar-refractivity contribution in [3.05, 3.63) is 35.9 Å². The Morgan fingerprint density at radius 3 is 2.81 bits per heavy atom. The number of ether oxygens (including phenoxy) is 2. The number of nitrogens with one attached hydrogen (secondary N) is 1. The maximum Gasteiger partial charge on any atom is 0.416 e. The summed E-state index contributed by atoms with van der Waals surface area (Å²) >= 11 is 1.58. The molecule has 0 spiro atoms. The Bertz CT molecular complexity index is 707. The van der Waals surface area contributed by atoms with Crippen LogP contribution < -0.4 is 10.2 Å². The molecule has 0 aliphatic carbocycles. The second-order valence-electron chi connectivity index (χ2n) is 6.42. The molecule has 146 valence electrons. The number of carbonyl (C=O) groups is 2. The molecule has 7 nitrogen and oxygen atoms in total. The number of thioether (sulfide) groups is 1. The molecule has 2 aliphatic rings. The van der Waals surface area contributed by atoms with Crippen LogP contribution in [0.3, 0.4) is 0 Å². The summed E-state index contributed by atoms with van der Waals surface area (Å²) in [5.41, 5.74) is 3.10. The SMILES string of the molecule is CSCC[C@H](N[C@@H]1CN(c2ccc(C3=CCOCC3)cc2)C(=O)O1)C(=O)O. The van der Waals surface area contributed by atoms with Crippen LogP contribution in [-0.2, 0) is 14.3 Å². The predicted octanol–water partition coefficient (Wildman–Crippen LogP) is 2.57. The van der Waals surface area contributed by atoms with E-state index in [1.54, 1.807) is 11.8 Å². The molecule has 1 aromatic carbocycles. The van der Waals surface area contributed by atoms with Crippen molar-refractivity contribution >= 4 is 35.1 Å². The summed E-state index contributed by atoms with van der Waals surface area (Å²) in [5.74, 6) is -0.218. The molecule has 2 aliphatic heterocycles. The summed E-state index contributed by atoms with van der Waals surface area (Å²) in [5, 5.41) is 12.2. The molecule has 2 N–H and O–H groups in total. The Morgan fingerprint density at radius 2 is 2.19 bits per heavy atom. The van der Waals surface area contributed by atoms with E-state index < -0.39 is 24.3 Å². The van der Waals surface area contributed by atoms with Crippen LogP contribution in [0.1, 0.15) is 18.4 Å². The summed E-state index contributed by atoms with van der Waals surface area (Å²) in [7, 11) is 0. The van der Waals surface area contributed by atoms with Gasteiger partial charge in [0.05, 0.1) is 19.8 Å². The van der Waals surface area contributed by atoms with Gasteiger partial charge in [-0.1, -0.05) is 18.2 Å². The van der Waals surface area contributed by atoms with Gasteiger partial charge in [0.2, 0.25) is 0 Å². The zero-order valence-corrected chi connectivity index (χ0v) is 16.0. The van der Waals surface area contributed by atoms with E-state index in [0.717, 1.165) is 30.0 Å². The van der Waals surface area contributed by atoms with Crippen molar-refractivity contribution < 1.29 is 24.2 Å². The highest BCUT2D eigenvalue weighted by atomic mass is 32.2. The van der Waals surface area contributed by atoms with Crippen LogP contribution in [-0.4, -0.2) is 61.2 Å². The van der Waals surface area contributed by atoms with Crippen LogP contribution in [0.2, 0.25) is 0 Å². The number of amides is 1. The minimum absolute atomic E-state index is 0.276. The number of rotatable bonds is 8. The van der Waals surface area contributed by atoms with Gasteiger partial charge in [-0.3, -0.25) is 15.0 Å². The van der Waals surface area contributed by atoms with E-state index in [-0.39, 0.29) is 6.54 Å². The highest BCUT2D eigenvalue weighted by Gasteiger charge is 2.34. The third kappa shape index (κ3) is 5.03. The first-order chi connectivity index (χ1) is 13.1. The molecule has 0 bridgehead atoms. The van der Waals surface area contributed by atoms with Gasteiger partial charge >= 0.3 is 12.1 Å². The number of hydrogen-bond donors (Lipinski definition) is 2. The second-order valence-corrected chi connectivity index (χ2v) is 7.41. The number of carboxylic acids is 1. The zero-order valence-electron chi connectivity index (χ0n) is 15.2. The standard InChI is InChI=1S/C19H24N2O5S/c1-27-11-8-16(18(22)23)20-17-12-21(19(24)26-17)15-4-2-13(3-5-15)14-6-9-25-10-7-14/h2-6,16-17,20H,7-12H2,1H3,(H,22,23)/t16-,17-/m0/s1. The summed E-state index contributed by atoms with van der Waals surface area (Å²) in [4.78, 5) is 25.1. The van der Waals surface area contributed by atoms with Gasteiger partial charge in [0.25, 0.3) is 0 Å². The zero-order chi connectivity index (χ0) is 19.2. The van der Waals surface area contributed by atoms with E-state index >= 15 is 0 Å². The van der Waals surface area contributed by atoms with E-state index in [2.05, 4.69) is 11.4 Å². The Morgan fingerprint density at radius 1 is 1.41 bits per heavy atom. The van der Waals surface area contributed by atoms with Gasteiger partial charge in [-0.15, -0.1) is 0 Å². The fraction of sp³-hybridized carbons (Fsp3) is 0.474. The Balaban J connectivity index is 1.63. The van der Waals surface area contributed by atoms with Gasteiger partial charge in [0, 0.05) is 5.69 Å². The van der Waals surface area contributed by atoms with Crippen molar-refractivity contribution in [2.45, 2.75) is 25.1 Å². The second kappa shape index (κ2) is 9.25. The number of benzene rings is 1. The predicted molar refractivity (Wildman–Crippen MR) is 105 cm³/mol. The van der Waals surface area contributed by atoms with Gasteiger partial charge in [0.15, 0.2) is 6.23 Å².